The van der Waals surface area contributed by atoms with Gasteiger partial charge >= 0.3 is 0 Å². The molecule has 2 fully saturated rings. The summed E-state index contributed by atoms with van der Waals surface area (Å²) in [5.74, 6) is 1.72. The van der Waals surface area contributed by atoms with Crippen LogP contribution >= 0.6 is 0 Å². The number of likely N-dealkylation sites (tertiary alicyclic amines) is 2. The molecule has 0 radical (unpaired) electrons. The van der Waals surface area contributed by atoms with Gasteiger partial charge in [-0.2, -0.15) is 0 Å². The summed E-state index contributed by atoms with van der Waals surface area (Å²) in [6, 6.07) is 0. The molecule has 2 saturated heterocycles. The number of hydrogen-bond acceptors (Lipinski definition) is 3. The third-order valence-corrected chi connectivity index (χ3v) is 4.94. The predicted octanol–water partition coefficient (Wildman–Crippen LogP) is 2.30. The Balaban J connectivity index is 1.55. The monoisotopic (exact) mass is 304 g/mol. The van der Waals surface area contributed by atoms with Crippen LogP contribution in [0, 0.1) is 6.92 Å². The van der Waals surface area contributed by atoms with E-state index in [1.807, 2.05) is 13.1 Å². The second-order valence-corrected chi connectivity index (χ2v) is 6.82. The first-order chi connectivity index (χ1) is 10.7. The van der Waals surface area contributed by atoms with E-state index in [1.54, 1.807) is 0 Å². The number of amides is 1. The predicted molar refractivity (Wildman–Crippen MR) is 86.8 cm³/mol. The maximum atomic E-state index is 12.6. The standard InChI is InChI=1S/C17H28N4O/c1-14-11-18-17(19-14)15-7-6-10-21(12-15)16(22)13-20-8-4-2-3-5-9-20/h11,15H,2-10,12-13H2,1H3,(H,18,19)/t15-/m0/s1. The number of aromatic nitrogens is 2. The van der Waals surface area contributed by atoms with E-state index >= 15 is 0 Å². The Morgan fingerprint density at radius 3 is 2.68 bits per heavy atom. The Morgan fingerprint density at radius 1 is 1.23 bits per heavy atom. The number of nitrogens with one attached hydrogen (secondary N) is 1. The number of aromatic amines is 1. The minimum absolute atomic E-state index is 0.301. The minimum atomic E-state index is 0.301. The lowest BCUT2D eigenvalue weighted by Gasteiger charge is -2.33. The molecule has 1 aromatic heterocycles. The Bertz CT molecular complexity index is 491. The summed E-state index contributed by atoms with van der Waals surface area (Å²) in [6.07, 6.45) is 9.19. The fourth-order valence-corrected chi connectivity index (χ4v) is 3.65. The summed E-state index contributed by atoms with van der Waals surface area (Å²) in [4.78, 5) is 24.8. The highest BCUT2D eigenvalue weighted by atomic mass is 16.2. The van der Waals surface area contributed by atoms with E-state index < -0.39 is 0 Å². The number of aryl methyl sites for hydroxylation is 1. The van der Waals surface area contributed by atoms with E-state index in [0.717, 1.165) is 50.5 Å². The molecule has 0 aliphatic carbocycles. The topological polar surface area (TPSA) is 52.2 Å². The first kappa shape index (κ1) is 15.5. The van der Waals surface area contributed by atoms with Gasteiger partial charge in [-0.05, 0) is 45.7 Å². The van der Waals surface area contributed by atoms with Crippen molar-refractivity contribution in [3.05, 3.63) is 17.7 Å². The van der Waals surface area contributed by atoms with Crippen LogP contribution < -0.4 is 0 Å². The van der Waals surface area contributed by atoms with Crippen LogP contribution in [0.15, 0.2) is 6.20 Å². The first-order valence-electron chi connectivity index (χ1n) is 8.74. The largest absolute Gasteiger partial charge is 0.346 e. The molecule has 0 unspecified atom stereocenters. The maximum Gasteiger partial charge on any atom is 0.236 e. The van der Waals surface area contributed by atoms with Gasteiger partial charge in [-0.3, -0.25) is 9.69 Å². The van der Waals surface area contributed by atoms with E-state index in [9.17, 15) is 4.79 Å². The van der Waals surface area contributed by atoms with Gasteiger partial charge in [0.1, 0.15) is 5.82 Å². The Morgan fingerprint density at radius 2 is 2.00 bits per heavy atom. The molecule has 0 saturated carbocycles. The van der Waals surface area contributed by atoms with Gasteiger partial charge in [-0.1, -0.05) is 12.8 Å². The first-order valence-corrected chi connectivity index (χ1v) is 8.74. The van der Waals surface area contributed by atoms with E-state index in [4.69, 9.17) is 0 Å². The van der Waals surface area contributed by atoms with E-state index in [-0.39, 0.29) is 0 Å². The van der Waals surface area contributed by atoms with Gasteiger partial charge in [0.05, 0.1) is 6.54 Å². The normalized spacial score (nSPS) is 24.2. The fourth-order valence-electron chi connectivity index (χ4n) is 3.65. The highest BCUT2D eigenvalue weighted by Crippen LogP contribution is 2.25. The molecule has 0 aromatic carbocycles. The van der Waals surface area contributed by atoms with Gasteiger partial charge in [0, 0.05) is 30.9 Å². The van der Waals surface area contributed by atoms with Gasteiger partial charge in [0.15, 0.2) is 0 Å². The average molecular weight is 304 g/mol. The molecule has 5 heteroatoms. The molecular weight excluding hydrogens is 276 g/mol. The van der Waals surface area contributed by atoms with Crippen LogP contribution in [0.25, 0.3) is 0 Å². The average Bonchev–Trinajstić information content (AvgIpc) is 2.80. The zero-order valence-electron chi connectivity index (χ0n) is 13.7. The molecule has 122 valence electrons. The van der Waals surface area contributed by atoms with Crippen molar-refractivity contribution in [2.75, 3.05) is 32.7 Å². The van der Waals surface area contributed by atoms with Crippen molar-refractivity contribution in [1.29, 1.82) is 0 Å². The van der Waals surface area contributed by atoms with E-state index in [1.165, 1.54) is 25.7 Å². The van der Waals surface area contributed by atoms with Crippen molar-refractivity contribution in [1.82, 2.24) is 19.8 Å². The summed E-state index contributed by atoms with van der Waals surface area (Å²) in [5.41, 5.74) is 1.10. The lowest BCUT2D eigenvalue weighted by atomic mass is 9.97. The quantitative estimate of drug-likeness (QED) is 0.932. The van der Waals surface area contributed by atoms with Crippen LogP contribution in [0.2, 0.25) is 0 Å². The van der Waals surface area contributed by atoms with Crippen molar-refractivity contribution in [3.8, 4) is 0 Å². The maximum absolute atomic E-state index is 12.6. The molecule has 2 aliphatic rings. The molecular formula is C17H28N4O. The summed E-state index contributed by atoms with van der Waals surface area (Å²) in [5, 5.41) is 0. The van der Waals surface area contributed by atoms with Gasteiger partial charge in [-0.15, -0.1) is 0 Å². The zero-order valence-corrected chi connectivity index (χ0v) is 13.7. The molecule has 3 heterocycles. The van der Waals surface area contributed by atoms with Gasteiger partial charge in [0.25, 0.3) is 0 Å². The molecule has 1 atom stereocenters. The van der Waals surface area contributed by atoms with Crippen LogP contribution in [0.1, 0.15) is 56.0 Å². The SMILES string of the molecule is Cc1cnc([C@H]2CCCN(C(=O)CN3CCCCCC3)C2)[nH]1. The molecule has 2 aliphatic heterocycles. The van der Waals surface area contributed by atoms with Crippen LogP contribution in [0.3, 0.4) is 0 Å². The molecule has 5 nitrogen and oxygen atoms in total. The molecule has 1 N–H and O–H groups in total. The number of carbonyl (C=O) groups is 1. The minimum Gasteiger partial charge on any atom is -0.346 e. The third-order valence-electron chi connectivity index (χ3n) is 4.94. The van der Waals surface area contributed by atoms with E-state index in [0.29, 0.717) is 18.4 Å². The van der Waals surface area contributed by atoms with Crippen LogP contribution in [-0.4, -0.2) is 58.4 Å². The van der Waals surface area contributed by atoms with Crippen molar-refractivity contribution < 1.29 is 4.79 Å². The smallest absolute Gasteiger partial charge is 0.236 e. The second-order valence-electron chi connectivity index (χ2n) is 6.82. The highest BCUT2D eigenvalue weighted by molar-refractivity contribution is 5.78. The van der Waals surface area contributed by atoms with Crippen molar-refractivity contribution in [2.45, 2.75) is 51.4 Å². The zero-order chi connectivity index (χ0) is 15.4. The van der Waals surface area contributed by atoms with E-state index in [2.05, 4.69) is 19.8 Å². The number of carbonyl (C=O) groups excluding carboxylic acids is 1. The highest BCUT2D eigenvalue weighted by Gasteiger charge is 2.27. The van der Waals surface area contributed by atoms with Crippen LogP contribution in [-0.2, 0) is 4.79 Å². The van der Waals surface area contributed by atoms with Gasteiger partial charge < -0.3 is 9.88 Å². The third kappa shape index (κ3) is 3.88. The Labute approximate surface area is 133 Å². The van der Waals surface area contributed by atoms with Crippen LogP contribution in [0.5, 0.6) is 0 Å². The number of nitrogens with zero attached hydrogens (tertiary/aromatic N) is 3. The van der Waals surface area contributed by atoms with Crippen molar-refractivity contribution in [3.63, 3.8) is 0 Å². The summed E-state index contributed by atoms with van der Waals surface area (Å²) in [6.45, 7) is 6.52. The lowest BCUT2D eigenvalue weighted by molar-refractivity contribution is -0.133. The number of H-pyrrole nitrogens is 1. The molecule has 1 aromatic rings. The molecule has 0 spiro atoms. The fraction of sp³-hybridized carbons (Fsp3) is 0.765. The van der Waals surface area contributed by atoms with Gasteiger partial charge in [-0.25, -0.2) is 4.98 Å². The van der Waals surface area contributed by atoms with Crippen LogP contribution in [0.4, 0.5) is 0 Å². The summed E-state index contributed by atoms with van der Waals surface area (Å²) >= 11 is 0. The number of imidazole rings is 1. The molecule has 3 rings (SSSR count). The second kappa shape index (κ2) is 7.27. The van der Waals surface area contributed by atoms with Gasteiger partial charge in [0.2, 0.25) is 5.91 Å². The molecule has 22 heavy (non-hydrogen) atoms. The Kier molecular flexibility index (Phi) is 5.13. The Hall–Kier alpha value is -1.36. The molecule has 0 bridgehead atoms. The molecule has 1 amide bonds. The lowest BCUT2D eigenvalue weighted by Crippen LogP contribution is -2.45. The number of hydrogen-bond donors (Lipinski definition) is 1. The summed E-state index contributed by atoms with van der Waals surface area (Å²) < 4.78 is 0. The number of rotatable bonds is 3. The number of piperidine rings is 1. The van der Waals surface area contributed by atoms with Crippen molar-refractivity contribution in [2.24, 2.45) is 0 Å². The summed E-state index contributed by atoms with van der Waals surface area (Å²) in [7, 11) is 0. The van der Waals surface area contributed by atoms with Crippen molar-refractivity contribution >= 4 is 5.91 Å².